The molecule has 6 rings (SSSR count). The Kier molecular flexibility index (Phi) is 4.84. The van der Waals surface area contributed by atoms with Gasteiger partial charge in [-0.25, -0.2) is 4.90 Å². The highest BCUT2D eigenvalue weighted by Gasteiger charge is 2.57. The molecular weight excluding hydrogens is 362 g/mol. The highest BCUT2D eigenvalue weighted by atomic mass is 16.2. The van der Waals surface area contributed by atoms with Gasteiger partial charge < -0.3 is 0 Å². The number of amides is 3. The monoisotopic (exact) mass is 393 g/mol. The summed E-state index contributed by atoms with van der Waals surface area (Å²) in [6.07, 6.45) is 11.1. The fraction of sp³-hybridized carbons (Fsp3) is 0.640. The highest BCUT2D eigenvalue weighted by Crippen LogP contribution is 2.60. The average Bonchev–Trinajstić information content (AvgIpc) is 2.74. The topological polar surface area (TPSA) is 54.5 Å². The van der Waals surface area contributed by atoms with E-state index in [1.54, 1.807) is 24.3 Å². The van der Waals surface area contributed by atoms with Crippen LogP contribution in [0.1, 0.15) is 81.0 Å². The van der Waals surface area contributed by atoms with Gasteiger partial charge in [-0.05, 0) is 81.3 Å². The van der Waals surface area contributed by atoms with Gasteiger partial charge in [0.05, 0.1) is 5.41 Å². The van der Waals surface area contributed by atoms with Crippen LogP contribution in [0.25, 0.3) is 0 Å². The lowest BCUT2D eigenvalue weighted by atomic mass is 9.49. The van der Waals surface area contributed by atoms with Crippen molar-refractivity contribution in [2.45, 2.75) is 70.6 Å². The highest BCUT2D eigenvalue weighted by molar-refractivity contribution is 6.18. The molecule has 0 heterocycles. The first kappa shape index (κ1) is 19.0. The van der Waals surface area contributed by atoms with E-state index in [0.29, 0.717) is 23.3 Å². The molecule has 5 fully saturated rings. The normalized spacial score (nSPS) is 33.4. The van der Waals surface area contributed by atoms with Gasteiger partial charge in [0.1, 0.15) is 0 Å². The van der Waals surface area contributed by atoms with Crippen LogP contribution in [0.5, 0.6) is 0 Å². The van der Waals surface area contributed by atoms with Crippen molar-refractivity contribution in [1.29, 1.82) is 0 Å². The quantitative estimate of drug-likeness (QED) is 0.681. The van der Waals surface area contributed by atoms with Crippen molar-refractivity contribution >= 4 is 17.7 Å². The van der Waals surface area contributed by atoms with Gasteiger partial charge in [0.2, 0.25) is 11.8 Å². The largest absolute Gasteiger partial charge is 0.274 e. The van der Waals surface area contributed by atoms with Gasteiger partial charge in [0, 0.05) is 11.5 Å². The third kappa shape index (κ3) is 3.35. The van der Waals surface area contributed by atoms with Gasteiger partial charge >= 0.3 is 0 Å². The maximum Gasteiger partial charge on any atom is 0.267 e. The lowest BCUT2D eigenvalue weighted by Gasteiger charge is -2.56. The minimum absolute atomic E-state index is 0.180. The van der Waals surface area contributed by atoms with Crippen molar-refractivity contribution in [2.24, 2.45) is 29.1 Å². The van der Waals surface area contributed by atoms with Crippen LogP contribution in [0.15, 0.2) is 30.3 Å². The van der Waals surface area contributed by atoms with Crippen molar-refractivity contribution < 1.29 is 14.4 Å². The molecule has 1 aromatic carbocycles. The second kappa shape index (κ2) is 7.37. The molecule has 4 nitrogen and oxygen atoms in total. The number of nitrogens with zero attached hydrogens (tertiary/aromatic N) is 1. The number of hydrogen-bond acceptors (Lipinski definition) is 3. The van der Waals surface area contributed by atoms with E-state index in [9.17, 15) is 14.4 Å². The van der Waals surface area contributed by atoms with Crippen molar-refractivity contribution in [3.05, 3.63) is 35.9 Å². The van der Waals surface area contributed by atoms with E-state index in [1.807, 2.05) is 6.07 Å². The van der Waals surface area contributed by atoms with E-state index in [2.05, 4.69) is 0 Å². The summed E-state index contributed by atoms with van der Waals surface area (Å²) in [5.41, 5.74) is -0.0430. The molecule has 3 amide bonds. The summed E-state index contributed by atoms with van der Waals surface area (Å²) in [6, 6.07) is 8.88. The zero-order valence-electron chi connectivity index (χ0n) is 17.1. The zero-order valence-corrected chi connectivity index (χ0v) is 17.1. The maximum atomic E-state index is 14.0. The number of carbonyl (C=O) groups excluding carboxylic acids is 3. The van der Waals surface area contributed by atoms with Crippen LogP contribution in [-0.2, 0) is 9.59 Å². The summed E-state index contributed by atoms with van der Waals surface area (Å²) in [5.74, 6) is 0.785. The van der Waals surface area contributed by atoms with E-state index in [0.717, 1.165) is 56.3 Å². The number of hydrogen-bond donors (Lipinski definition) is 0. The van der Waals surface area contributed by atoms with E-state index in [4.69, 9.17) is 0 Å². The smallest absolute Gasteiger partial charge is 0.267 e. The molecule has 0 unspecified atom stereocenters. The van der Waals surface area contributed by atoms with Crippen LogP contribution in [0.4, 0.5) is 0 Å². The summed E-state index contributed by atoms with van der Waals surface area (Å²) < 4.78 is 0. The molecule has 5 aliphatic carbocycles. The summed E-state index contributed by atoms with van der Waals surface area (Å²) in [7, 11) is 0. The number of benzene rings is 1. The predicted molar refractivity (Wildman–Crippen MR) is 110 cm³/mol. The van der Waals surface area contributed by atoms with Gasteiger partial charge in [-0.3, -0.25) is 14.4 Å². The molecule has 154 valence electrons. The van der Waals surface area contributed by atoms with E-state index in [1.165, 1.54) is 19.3 Å². The van der Waals surface area contributed by atoms with Gasteiger partial charge in [0.25, 0.3) is 5.91 Å². The zero-order chi connectivity index (χ0) is 20.0. The Labute approximate surface area is 173 Å². The predicted octanol–water partition coefficient (Wildman–Crippen LogP) is 4.98. The molecular formula is C25H31NO3. The molecule has 0 radical (unpaired) electrons. The molecule has 4 heteroatoms. The minimum Gasteiger partial charge on any atom is -0.274 e. The Morgan fingerprint density at radius 3 is 1.90 bits per heavy atom. The molecule has 0 saturated heterocycles. The van der Waals surface area contributed by atoms with Crippen LogP contribution in [0.3, 0.4) is 0 Å². The Bertz CT molecular complexity index is 773. The van der Waals surface area contributed by atoms with Gasteiger partial charge in [-0.1, -0.05) is 37.5 Å². The van der Waals surface area contributed by atoms with Crippen LogP contribution < -0.4 is 0 Å². The molecule has 0 aliphatic heterocycles. The number of carbonyl (C=O) groups is 3. The van der Waals surface area contributed by atoms with Crippen molar-refractivity contribution in [3.8, 4) is 0 Å². The summed E-state index contributed by atoms with van der Waals surface area (Å²) >= 11 is 0. The third-order valence-electron chi connectivity index (χ3n) is 8.09. The van der Waals surface area contributed by atoms with Gasteiger partial charge in [-0.15, -0.1) is 0 Å². The van der Waals surface area contributed by atoms with Crippen molar-refractivity contribution in [1.82, 2.24) is 4.90 Å². The lowest BCUT2D eigenvalue weighted by molar-refractivity contribution is -0.161. The Morgan fingerprint density at radius 1 is 0.793 bits per heavy atom. The standard InChI is InChI=1S/C25H31NO3/c27-22(20-7-3-1-4-8-20)26(23(28)21-9-5-2-6-10-21)24(29)25-14-17-11-18(15-25)13-19(12-17)16-25/h1,3-4,7-8,17-19,21H,2,5-6,9-16H2. The van der Waals surface area contributed by atoms with E-state index in [-0.39, 0.29) is 17.7 Å². The Morgan fingerprint density at radius 2 is 1.34 bits per heavy atom. The number of rotatable bonds is 3. The second-order valence-corrected chi connectivity index (χ2v) is 10.2. The number of imide groups is 3. The maximum absolute atomic E-state index is 14.0. The second-order valence-electron chi connectivity index (χ2n) is 10.2. The summed E-state index contributed by atoms with van der Waals surface area (Å²) in [6.45, 7) is 0. The van der Waals surface area contributed by atoms with Crippen LogP contribution >= 0.6 is 0 Å². The van der Waals surface area contributed by atoms with Crippen LogP contribution in [0.2, 0.25) is 0 Å². The SMILES string of the molecule is O=C(c1ccccc1)N(C(=O)C1CCCCC1)C(=O)C12CC3CC(CC(C3)C1)C2. The summed E-state index contributed by atoms with van der Waals surface area (Å²) in [4.78, 5) is 42.1. The first-order valence-electron chi connectivity index (χ1n) is 11.5. The molecule has 5 saturated carbocycles. The third-order valence-corrected chi connectivity index (χ3v) is 8.09. The van der Waals surface area contributed by atoms with Crippen LogP contribution in [-0.4, -0.2) is 22.6 Å². The average molecular weight is 394 g/mol. The molecule has 0 aromatic heterocycles. The summed E-state index contributed by atoms with van der Waals surface area (Å²) in [5, 5.41) is 0. The first-order chi connectivity index (χ1) is 14.1. The van der Waals surface area contributed by atoms with Gasteiger partial charge in [0.15, 0.2) is 0 Å². The molecule has 0 atom stereocenters. The van der Waals surface area contributed by atoms with E-state index >= 15 is 0 Å². The molecule has 29 heavy (non-hydrogen) atoms. The fourth-order valence-corrected chi connectivity index (χ4v) is 7.14. The fourth-order valence-electron chi connectivity index (χ4n) is 7.14. The lowest BCUT2D eigenvalue weighted by Crippen LogP contribution is -2.58. The Hall–Kier alpha value is -1.97. The minimum atomic E-state index is -0.483. The molecule has 5 aliphatic rings. The van der Waals surface area contributed by atoms with E-state index < -0.39 is 11.3 Å². The molecule has 1 aromatic rings. The molecule has 4 bridgehead atoms. The first-order valence-corrected chi connectivity index (χ1v) is 11.5. The Balaban J connectivity index is 1.48. The van der Waals surface area contributed by atoms with Crippen LogP contribution in [0, 0.1) is 29.1 Å². The van der Waals surface area contributed by atoms with Gasteiger partial charge in [-0.2, -0.15) is 0 Å². The van der Waals surface area contributed by atoms with Crippen molar-refractivity contribution in [2.75, 3.05) is 0 Å². The van der Waals surface area contributed by atoms with Crippen molar-refractivity contribution in [3.63, 3.8) is 0 Å². The molecule has 0 N–H and O–H groups in total. The molecule has 0 spiro atoms.